The van der Waals surface area contributed by atoms with Crippen molar-refractivity contribution >= 4 is 0 Å². The molecule has 0 aliphatic carbocycles. The molecule has 2 aromatic carbocycles. The fraction of sp³-hybridized carbons (Fsp3) is 0.571. The highest BCUT2D eigenvalue weighted by Gasteiger charge is 2.35. The minimum Gasteiger partial charge on any atom is -0.487 e. The molecule has 2 heterocycles. The average Bonchev–Trinajstić information content (AvgIpc) is 3.69. The Bertz CT molecular complexity index is 892. The number of benzene rings is 2. The van der Waals surface area contributed by atoms with Gasteiger partial charge in [0.05, 0.1) is 31.5 Å². The molecule has 3 unspecified atom stereocenters. The van der Waals surface area contributed by atoms with E-state index in [-0.39, 0.29) is 22.7 Å². The summed E-state index contributed by atoms with van der Waals surface area (Å²) < 4.78 is 23.2. The molecule has 0 aromatic heterocycles. The Hall–Kier alpha value is -1.88. The molecule has 0 amide bonds. The van der Waals surface area contributed by atoms with Crippen LogP contribution in [0.1, 0.15) is 71.1 Å². The van der Waals surface area contributed by atoms with Gasteiger partial charge in [-0.1, -0.05) is 57.2 Å². The first-order valence-electron chi connectivity index (χ1n) is 11.9. The Kier molecular flexibility index (Phi) is 6.41. The van der Waals surface area contributed by atoms with Gasteiger partial charge in [0.2, 0.25) is 0 Å². The maximum Gasteiger partial charge on any atom is 0.120 e. The SMILES string of the molecule is CCC(C)(CC1CO1)Oc1ccc(C(C)(C)c2ccc(C(C)(C)OCC3CO3)cc2)cc1. The zero-order valence-corrected chi connectivity index (χ0v) is 20.4. The van der Waals surface area contributed by atoms with Gasteiger partial charge in [0.15, 0.2) is 0 Å². The van der Waals surface area contributed by atoms with Gasteiger partial charge in [-0.15, -0.1) is 0 Å². The van der Waals surface area contributed by atoms with Crippen LogP contribution >= 0.6 is 0 Å². The van der Waals surface area contributed by atoms with E-state index in [1.165, 1.54) is 16.7 Å². The lowest BCUT2D eigenvalue weighted by Gasteiger charge is -2.31. The number of hydrogen-bond acceptors (Lipinski definition) is 4. The Morgan fingerprint density at radius 3 is 1.78 bits per heavy atom. The van der Waals surface area contributed by atoms with Crippen molar-refractivity contribution in [2.45, 2.75) is 83.2 Å². The Labute approximate surface area is 193 Å². The largest absolute Gasteiger partial charge is 0.487 e. The van der Waals surface area contributed by atoms with Gasteiger partial charge in [0.1, 0.15) is 17.5 Å². The molecular formula is C28H38O4. The molecular weight excluding hydrogens is 400 g/mol. The molecule has 3 atom stereocenters. The van der Waals surface area contributed by atoms with E-state index in [1.54, 1.807) is 0 Å². The van der Waals surface area contributed by atoms with Gasteiger partial charge < -0.3 is 18.9 Å². The van der Waals surface area contributed by atoms with Crippen molar-refractivity contribution in [3.63, 3.8) is 0 Å². The summed E-state index contributed by atoms with van der Waals surface area (Å²) in [6.45, 7) is 15.5. The molecule has 0 spiro atoms. The van der Waals surface area contributed by atoms with Crippen molar-refractivity contribution in [2.24, 2.45) is 0 Å². The molecule has 4 heteroatoms. The molecule has 4 nitrogen and oxygen atoms in total. The summed E-state index contributed by atoms with van der Waals surface area (Å²) in [6, 6.07) is 17.4. The lowest BCUT2D eigenvalue weighted by molar-refractivity contribution is -0.0285. The first kappa shape index (κ1) is 23.3. The molecule has 0 saturated carbocycles. The second kappa shape index (κ2) is 8.81. The van der Waals surface area contributed by atoms with Gasteiger partial charge in [-0.2, -0.15) is 0 Å². The van der Waals surface area contributed by atoms with Crippen molar-refractivity contribution in [1.29, 1.82) is 0 Å². The van der Waals surface area contributed by atoms with Crippen LogP contribution < -0.4 is 4.74 Å². The smallest absolute Gasteiger partial charge is 0.120 e. The van der Waals surface area contributed by atoms with Gasteiger partial charge in [-0.05, 0) is 56.0 Å². The molecule has 2 aliphatic heterocycles. The second-order valence-corrected chi connectivity index (χ2v) is 10.6. The van der Waals surface area contributed by atoms with E-state index >= 15 is 0 Å². The normalized spacial score (nSPS) is 22.3. The molecule has 2 aromatic rings. The molecule has 2 aliphatic rings. The van der Waals surface area contributed by atoms with Gasteiger partial charge in [0.25, 0.3) is 0 Å². The minimum atomic E-state index is -0.328. The van der Waals surface area contributed by atoms with E-state index in [0.717, 1.165) is 31.8 Å². The standard InChI is InChI=1S/C28H38O4/c1-7-28(6,16-24-17-29-24)32-23-14-12-21(13-15-23)26(2,3)20-8-10-22(11-9-20)27(4,5)31-19-25-18-30-25/h8-15,24-25H,7,16-19H2,1-6H3. The van der Waals surface area contributed by atoms with Crippen molar-refractivity contribution in [1.82, 2.24) is 0 Å². The lowest BCUT2D eigenvalue weighted by Crippen LogP contribution is -2.33. The van der Waals surface area contributed by atoms with E-state index in [1.807, 2.05) is 0 Å². The fourth-order valence-electron chi connectivity index (χ4n) is 4.15. The van der Waals surface area contributed by atoms with E-state index in [4.69, 9.17) is 18.9 Å². The first-order chi connectivity index (χ1) is 15.1. The summed E-state index contributed by atoms with van der Waals surface area (Å²) in [7, 11) is 0. The van der Waals surface area contributed by atoms with Crippen LogP contribution in [-0.2, 0) is 25.2 Å². The molecule has 174 valence electrons. The van der Waals surface area contributed by atoms with Gasteiger partial charge >= 0.3 is 0 Å². The second-order valence-electron chi connectivity index (χ2n) is 10.6. The topological polar surface area (TPSA) is 43.5 Å². The summed E-state index contributed by atoms with van der Waals surface area (Å²) in [5, 5.41) is 0. The molecule has 0 bridgehead atoms. The number of hydrogen-bond donors (Lipinski definition) is 0. The van der Waals surface area contributed by atoms with Crippen LogP contribution in [0.15, 0.2) is 48.5 Å². The van der Waals surface area contributed by atoms with Gasteiger partial charge in [-0.3, -0.25) is 0 Å². The van der Waals surface area contributed by atoms with Crippen molar-refractivity contribution in [3.8, 4) is 5.75 Å². The van der Waals surface area contributed by atoms with Crippen LogP contribution in [0.2, 0.25) is 0 Å². The maximum absolute atomic E-state index is 6.37. The highest BCUT2D eigenvalue weighted by atomic mass is 16.6. The summed E-state index contributed by atoms with van der Waals surface area (Å²) in [5.41, 5.74) is 3.10. The zero-order chi connectivity index (χ0) is 23.0. The van der Waals surface area contributed by atoms with Crippen LogP contribution in [-0.4, -0.2) is 37.6 Å². The third kappa shape index (κ3) is 5.54. The van der Waals surface area contributed by atoms with E-state index in [2.05, 4.69) is 90.1 Å². The lowest BCUT2D eigenvalue weighted by atomic mass is 9.77. The highest BCUT2D eigenvalue weighted by Crippen LogP contribution is 2.36. The molecule has 0 radical (unpaired) electrons. The molecule has 2 saturated heterocycles. The number of rotatable bonds is 11. The predicted molar refractivity (Wildman–Crippen MR) is 127 cm³/mol. The van der Waals surface area contributed by atoms with Crippen molar-refractivity contribution < 1.29 is 18.9 Å². The average molecular weight is 439 g/mol. The Morgan fingerprint density at radius 2 is 1.28 bits per heavy atom. The Morgan fingerprint density at radius 1 is 0.781 bits per heavy atom. The van der Waals surface area contributed by atoms with E-state index in [0.29, 0.717) is 12.7 Å². The Balaban J connectivity index is 1.44. The zero-order valence-electron chi connectivity index (χ0n) is 20.4. The van der Waals surface area contributed by atoms with Crippen LogP contribution in [0.5, 0.6) is 5.75 Å². The summed E-state index contributed by atoms with van der Waals surface area (Å²) in [5.74, 6) is 0.920. The number of epoxide rings is 2. The fourth-order valence-corrected chi connectivity index (χ4v) is 4.15. The van der Waals surface area contributed by atoms with Crippen molar-refractivity contribution in [2.75, 3.05) is 19.8 Å². The minimum absolute atomic E-state index is 0.111. The molecule has 32 heavy (non-hydrogen) atoms. The molecule has 2 fully saturated rings. The maximum atomic E-state index is 6.37. The first-order valence-corrected chi connectivity index (χ1v) is 11.9. The van der Waals surface area contributed by atoms with Crippen LogP contribution in [0.4, 0.5) is 0 Å². The van der Waals surface area contributed by atoms with Crippen LogP contribution in [0, 0.1) is 0 Å². The van der Waals surface area contributed by atoms with E-state index < -0.39 is 0 Å². The molecule has 4 rings (SSSR count). The highest BCUT2D eigenvalue weighted by molar-refractivity contribution is 5.41. The predicted octanol–water partition coefficient (Wildman–Crippen LogP) is 6.00. The van der Waals surface area contributed by atoms with E-state index in [9.17, 15) is 0 Å². The summed E-state index contributed by atoms with van der Waals surface area (Å²) >= 11 is 0. The molecule has 0 N–H and O–H groups in total. The quantitative estimate of drug-likeness (QED) is 0.404. The van der Waals surface area contributed by atoms with Crippen LogP contribution in [0.25, 0.3) is 0 Å². The monoisotopic (exact) mass is 438 g/mol. The third-order valence-electron chi connectivity index (χ3n) is 7.08. The number of ether oxygens (including phenoxy) is 4. The van der Waals surface area contributed by atoms with Gasteiger partial charge in [-0.25, -0.2) is 0 Å². The van der Waals surface area contributed by atoms with Crippen molar-refractivity contribution in [3.05, 3.63) is 65.2 Å². The third-order valence-corrected chi connectivity index (χ3v) is 7.08. The van der Waals surface area contributed by atoms with Gasteiger partial charge in [0, 0.05) is 11.8 Å². The summed E-state index contributed by atoms with van der Waals surface area (Å²) in [4.78, 5) is 0. The van der Waals surface area contributed by atoms with Crippen LogP contribution in [0.3, 0.4) is 0 Å². The summed E-state index contributed by atoms with van der Waals surface area (Å²) in [6.07, 6.45) is 2.53.